The molecule has 1 atom stereocenters. The highest BCUT2D eigenvalue weighted by Gasteiger charge is 2.36. The molecule has 2 N–H and O–H groups in total. The molecule has 2 fully saturated rings. The maximum Gasteiger partial charge on any atom is 0.223 e. The normalized spacial score (nSPS) is 25.6. The van der Waals surface area contributed by atoms with E-state index in [-0.39, 0.29) is 17.8 Å². The van der Waals surface area contributed by atoms with E-state index in [0.717, 1.165) is 32.4 Å². The lowest BCUT2D eigenvalue weighted by Gasteiger charge is -2.36. The average molecular weight is 304 g/mol. The predicted octanol–water partition coefficient (Wildman–Crippen LogP) is 1.87. The first-order chi connectivity index (χ1) is 9.06. The number of nitrogens with two attached hydrogens (primary N) is 1. The van der Waals surface area contributed by atoms with Gasteiger partial charge < -0.3 is 15.5 Å². The third-order valence-electron chi connectivity index (χ3n) is 5.12. The van der Waals surface area contributed by atoms with Crippen molar-refractivity contribution in [3.63, 3.8) is 0 Å². The fourth-order valence-electron chi connectivity index (χ4n) is 3.58. The van der Waals surface area contributed by atoms with Crippen molar-refractivity contribution in [3.8, 4) is 0 Å². The summed E-state index contributed by atoms with van der Waals surface area (Å²) in [4.78, 5) is 16.8. The Labute approximate surface area is 129 Å². The van der Waals surface area contributed by atoms with Crippen LogP contribution in [0.15, 0.2) is 0 Å². The van der Waals surface area contributed by atoms with Crippen molar-refractivity contribution in [2.75, 3.05) is 33.7 Å². The van der Waals surface area contributed by atoms with E-state index in [1.807, 2.05) is 0 Å². The minimum Gasteiger partial charge on any atom is -0.341 e. The van der Waals surface area contributed by atoms with Gasteiger partial charge in [-0.1, -0.05) is 19.3 Å². The molecule has 2 aliphatic rings. The number of likely N-dealkylation sites (N-methyl/N-ethyl adjacent to an activating group) is 1. The zero-order valence-electron chi connectivity index (χ0n) is 12.9. The number of halogens is 1. The number of amides is 1. The molecular formula is C15H30ClN3O. The number of rotatable bonds is 4. The molecule has 0 bridgehead atoms. The number of carbonyl (C=O) groups is 1. The lowest BCUT2D eigenvalue weighted by molar-refractivity contribution is -0.133. The third kappa shape index (κ3) is 4.09. The van der Waals surface area contributed by atoms with Gasteiger partial charge in [-0.2, -0.15) is 0 Å². The Balaban J connectivity index is 0.00000200. The van der Waals surface area contributed by atoms with E-state index < -0.39 is 0 Å². The molecule has 0 aromatic heterocycles. The standard InChI is InChI=1S/C15H29N3O.ClH/c1-17(2)13-6-9-18(11-13)14(19)10-15(12-16)7-4-3-5-8-15;/h13H,3-12,16H2,1-2H3;1H. The van der Waals surface area contributed by atoms with E-state index >= 15 is 0 Å². The van der Waals surface area contributed by atoms with Crippen molar-refractivity contribution in [1.82, 2.24) is 9.80 Å². The van der Waals surface area contributed by atoms with Crippen LogP contribution in [0.1, 0.15) is 44.9 Å². The van der Waals surface area contributed by atoms with E-state index in [4.69, 9.17) is 5.73 Å². The highest BCUT2D eigenvalue weighted by molar-refractivity contribution is 5.85. The van der Waals surface area contributed by atoms with Gasteiger partial charge in [0, 0.05) is 25.6 Å². The van der Waals surface area contributed by atoms with Gasteiger partial charge in [-0.05, 0) is 45.3 Å². The Morgan fingerprint density at radius 1 is 1.30 bits per heavy atom. The molecule has 0 aromatic carbocycles. The van der Waals surface area contributed by atoms with Gasteiger partial charge in [0.2, 0.25) is 5.91 Å². The van der Waals surface area contributed by atoms with Gasteiger partial charge in [-0.15, -0.1) is 12.4 Å². The molecule has 118 valence electrons. The van der Waals surface area contributed by atoms with Crippen LogP contribution in [0.3, 0.4) is 0 Å². The summed E-state index contributed by atoms with van der Waals surface area (Å²) in [6, 6.07) is 0.532. The van der Waals surface area contributed by atoms with Crippen LogP contribution in [0, 0.1) is 5.41 Å². The van der Waals surface area contributed by atoms with Crippen LogP contribution in [-0.4, -0.2) is 55.5 Å². The number of likely N-dealkylation sites (tertiary alicyclic amines) is 1. The van der Waals surface area contributed by atoms with Crippen LogP contribution in [0.4, 0.5) is 0 Å². The summed E-state index contributed by atoms with van der Waals surface area (Å²) in [5.74, 6) is 0.330. The first kappa shape index (κ1) is 17.7. The van der Waals surface area contributed by atoms with Gasteiger partial charge in [0.15, 0.2) is 0 Å². The van der Waals surface area contributed by atoms with Crippen molar-refractivity contribution in [3.05, 3.63) is 0 Å². The fourth-order valence-corrected chi connectivity index (χ4v) is 3.58. The fraction of sp³-hybridized carbons (Fsp3) is 0.933. The highest BCUT2D eigenvalue weighted by Crippen LogP contribution is 2.39. The number of hydrogen-bond donors (Lipinski definition) is 1. The topological polar surface area (TPSA) is 49.6 Å². The van der Waals surface area contributed by atoms with Crippen LogP contribution in [0.2, 0.25) is 0 Å². The molecule has 1 saturated carbocycles. The van der Waals surface area contributed by atoms with Crippen LogP contribution in [-0.2, 0) is 4.79 Å². The Morgan fingerprint density at radius 2 is 1.95 bits per heavy atom. The van der Waals surface area contributed by atoms with E-state index in [1.165, 1.54) is 19.3 Å². The summed E-state index contributed by atoms with van der Waals surface area (Å²) in [5, 5.41) is 0. The van der Waals surface area contributed by atoms with Crippen LogP contribution < -0.4 is 5.73 Å². The minimum absolute atomic E-state index is 0. The molecule has 4 nitrogen and oxygen atoms in total. The van der Waals surface area contributed by atoms with Crippen molar-refractivity contribution >= 4 is 18.3 Å². The number of nitrogens with zero attached hydrogens (tertiary/aromatic N) is 2. The van der Waals surface area contributed by atoms with E-state index in [1.54, 1.807) is 0 Å². The Hall–Kier alpha value is -0.320. The molecule has 1 amide bonds. The van der Waals surface area contributed by atoms with Crippen molar-refractivity contribution in [1.29, 1.82) is 0 Å². The summed E-state index contributed by atoms with van der Waals surface area (Å²) >= 11 is 0. The first-order valence-corrected chi connectivity index (χ1v) is 7.71. The van der Waals surface area contributed by atoms with Gasteiger partial charge in [0.1, 0.15) is 0 Å². The Kier molecular flexibility index (Phi) is 6.76. The summed E-state index contributed by atoms with van der Waals surface area (Å²) < 4.78 is 0. The summed E-state index contributed by atoms with van der Waals surface area (Å²) in [6.45, 7) is 2.48. The molecule has 1 unspecified atom stereocenters. The summed E-state index contributed by atoms with van der Waals surface area (Å²) in [6.07, 6.45) is 7.84. The van der Waals surface area contributed by atoms with Crippen molar-refractivity contribution in [2.24, 2.45) is 11.1 Å². The molecule has 0 radical (unpaired) electrons. The summed E-state index contributed by atoms with van der Waals surface area (Å²) in [5.41, 5.74) is 6.08. The molecule has 20 heavy (non-hydrogen) atoms. The summed E-state index contributed by atoms with van der Waals surface area (Å²) in [7, 11) is 4.20. The van der Waals surface area contributed by atoms with Crippen LogP contribution in [0.25, 0.3) is 0 Å². The van der Waals surface area contributed by atoms with Crippen LogP contribution >= 0.6 is 12.4 Å². The molecule has 0 spiro atoms. The van der Waals surface area contributed by atoms with Gasteiger partial charge in [-0.25, -0.2) is 0 Å². The molecule has 1 aliphatic carbocycles. The van der Waals surface area contributed by atoms with Crippen molar-refractivity contribution < 1.29 is 4.79 Å². The zero-order valence-corrected chi connectivity index (χ0v) is 13.8. The average Bonchev–Trinajstić information content (AvgIpc) is 2.89. The third-order valence-corrected chi connectivity index (χ3v) is 5.12. The lowest BCUT2D eigenvalue weighted by Crippen LogP contribution is -2.41. The number of carbonyl (C=O) groups excluding carboxylic acids is 1. The Morgan fingerprint density at radius 3 is 2.45 bits per heavy atom. The number of hydrogen-bond acceptors (Lipinski definition) is 3. The first-order valence-electron chi connectivity index (χ1n) is 7.71. The second-order valence-electron chi connectivity index (χ2n) is 6.69. The predicted molar refractivity (Wildman–Crippen MR) is 85.1 cm³/mol. The SMILES string of the molecule is CN(C)C1CCN(C(=O)CC2(CN)CCCCC2)C1.Cl. The van der Waals surface area contributed by atoms with Gasteiger partial charge in [0.25, 0.3) is 0 Å². The molecule has 0 aromatic rings. The van der Waals surface area contributed by atoms with E-state index in [2.05, 4.69) is 23.9 Å². The van der Waals surface area contributed by atoms with E-state index in [9.17, 15) is 4.79 Å². The van der Waals surface area contributed by atoms with Gasteiger partial charge >= 0.3 is 0 Å². The zero-order chi connectivity index (χ0) is 13.9. The smallest absolute Gasteiger partial charge is 0.223 e. The van der Waals surface area contributed by atoms with Gasteiger partial charge in [0.05, 0.1) is 0 Å². The maximum absolute atomic E-state index is 12.5. The second kappa shape index (κ2) is 7.62. The Bertz CT molecular complexity index is 316. The monoisotopic (exact) mass is 303 g/mol. The molecule has 5 heteroatoms. The maximum atomic E-state index is 12.5. The molecule has 2 rings (SSSR count). The quantitative estimate of drug-likeness (QED) is 0.862. The van der Waals surface area contributed by atoms with Crippen LogP contribution in [0.5, 0.6) is 0 Å². The highest BCUT2D eigenvalue weighted by atomic mass is 35.5. The van der Waals surface area contributed by atoms with Crippen molar-refractivity contribution in [2.45, 2.75) is 51.0 Å². The molecular weight excluding hydrogens is 274 g/mol. The second-order valence-corrected chi connectivity index (χ2v) is 6.69. The van der Waals surface area contributed by atoms with E-state index in [0.29, 0.717) is 24.9 Å². The minimum atomic E-state index is 0. The molecule has 1 saturated heterocycles. The van der Waals surface area contributed by atoms with Gasteiger partial charge in [-0.3, -0.25) is 4.79 Å². The molecule has 1 heterocycles. The largest absolute Gasteiger partial charge is 0.341 e. The lowest BCUT2D eigenvalue weighted by atomic mass is 9.71. The molecule has 1 aliphatic heterocycles.